The van der Waals surface area contributed by atoms with E-state index in [1.54, 1.807) is 12.1 Å². The zero-order valence-corrected chi connectivity index (χ0v) is 9.95. The fraction of sp³-hybridized carbons (Fsp3) is 0.462. The Labute approximate surface area is 101 Å². The molecule has 1 N–H and O–H groups in total. The summed E-state index contributed by atoms with van der Waals surface area (Å²) in [5, 5.41) is 3.15. The van der Waals surface area contributed by atoms with Gasteiger partial charge in [-0.1, -0.05) is 13.0 Å². The number of hydrogen-bond donors (Lipinski definition) is 1. The highest BCUT2D eigenvalue weighted by molar-refractivity contribution is 5.94. The first-order chi connectivity index (χ1) is 8.22. The number of rotatable bonds is 4. The molecule has 1 saturated heterocycles. The molecular weight excluding hydrogens is 219 g/mol. The number of amides is 1. The van der Waals surface area contributed by atoms with Gasteiger partial charge in [-0.3, -0.25) is 4.79 Å². The Bertz CT molecular complexity index is 404. The number of carbonyl (C=O) groups excluding carboxylic acids is 1. The summed E-state index contributed by atoms with van der Waals surface area (Å²) < 4.78 is 13.1. The summed E-state index contributed by atoms with van der Waals surface area (Å²) in [6, 6.07) is 6.15. The predicted molar refractivity (Wildman–Crippen MR) is 64.4 cm³/mol. The standard InChI is InChI=1S/C13H17FN2O/c1-2-6-16(12-8-15-9-12)13(17)10-4-3-5-11(14)7-10/h3-5,7,12,15H,2,6,8-9H2,1H3. The summed E-state index contributed by atoms with van der Waals surface area (Å²) in [6.45, 7) is 4.43. The number of halogens is 1. The van der Waals surface area contributed by atoms with Gasteiger partial charge in [-0.25, -0.2) is 4.39 Å². The van der Waals surface area contributed by atoms with Gasteiger partial charge < -0.3 is 10.2 Å². The molecule has 0 radical (unpaired) electrons. The molecule has 0 atom stereocenters. The molecule has 0 spiro atoms. The van der Waals surface area contributed by atoms with Crippen molar-refractivity contribution < 1.29 is 9.18 Å². The van der Waals surface area contributed by atoms with E-state index in [-0.39, 0.29) is 17.8 Å². The van der Waals surface area contributed by atoms with Crippen LogP contribution < -0.4 is 5.32 Å². The van der Waals surface area contributed by atoms with E-state index in [1.807, 2.05) is 11.8 Å². The molecule has 0 unspecified atom stereocenters. The quantitative estimate of drug-likeness (QED) is 0.862. The summed E-state index contributed by atoms with van der Waals surface area (Å²) in [7, 11) is 0. The van der Waals surface area contributed by atoms with Gasteiger partial charge >= 0.3 is 0 Å². The normalized spacial score (nSPS) is 15.4. The van der Waals surface area contributed by atoms with E-state index in [2.05, 4.69) is 5.32 Å². The highest BCUT2D eigenvalue weighted by Gasteiger charge is 2.28. The van der Waals surface area contributed by atoms with Crippen LogP contribution in [0.1, 0.15) is 23.7 Å². The van der Waals surface area contributed by atoms with Gasteiger partial charge in [0.25, 0.3) is 5.91 Å². The number of nitrogens with one attached hydrogen (secondary N) is 1. The van der Waals surface area contributed by atoms with Crippen molar-refractivity contribution in [2.75, 3.05) is 19.6 Å². The summed E-state index contributed by atoms with van der Waals surface area (Å²) in [6.07, 6.45) is 0.914. The van der Waals surface area contributed by atoms with E-state index < -0.39 is 0 Å². The molecule has 1 amide bonds. The average molecular weight is 236 g/mol. The van der Waals surface area contributed by atoms with Crippen LogP contribution in [0.3, 0.4) is 0 Å². The van der Waals surface area contributed by atoms with E-state index in [1.165, 1.54) is 12.1 Å². The predicted octanol–water partition coefficient (Wildman–Crippen LogP) is 1.65. The van der Waals surface area contributed by atoms with Crippen LogP contribution in [0.2, 0.25) is 0 Å². The molecule has 0 aromatic heterocycles. The second-order valence-electron chi connectivity index (χ2n) is 4.32. The molecule has 1 aliphatic heterocycles. The molecule has 1 aromatic rings. The van der Waals surface area contributed by atoms with Crippen LogP contribution in [-0.2, 0) is 0 Å². The largest absolute Gasteiger partial charge is 0.333 e. The van der Waals surface area contributed by atoms with Gasteiger partial charge in [0.05, 0.1) is 6.04 Å². The molecule has 1 aliphatic rings. The highest BCUT2D eigenvalue weighted by Crippen LogP contribution is 2.13. The summed E-state index contributed by atoms with van der Waals surface area (Å²) in [5.74, 6) is -0.433. The number of benzene rings is 1. The van der Waals surface area contributed by atoms with Crippen LogP contribution in [0.5, 0.6) is 0 Å². The van der Waals surface area contributed by atoms with Crippen LogP contribution in [-0.4, -0.2) is 36.5 Å². The van der Waals surface area contributed by atoms with Crippen molar-refractivity contribution in [3.63, 3.8) is 0 Å². The maximum absolute atomic E-state index is 13.1. The first-order valence-corrected chi connectivity index (χ1v) is 5.99. The zero-order valence-electron chi connectivity index (χ0n) is 9.95. The second-order valence-corrected chi connectivity index (χ2v) is 4.32. The molecule has 1 aromatic carbocycles. The van der Waals surface area contributed by atoms with Crippen molar-refractivity contribution in [1.29, 1.82) is 0 Å². The van der Waals surface area contributed by atoms with Crippen molar-refractivity contribution in [2.24, 2.45) is 0 Å². The lowest BCUT2D eigenvalue weighted by Crippen LogP contribution is -2.59. The second kappa shape index (κ2) is 5.27. The Morgan fingerprint density at radius 2 is 2.29 bits per heavy atom. The van der Waals surface area contributed by atoms with E-state index >= 15 is 0 Å². The lowest BCUT2D eigenvalue weighted by Gasteiger charge is -2.38. The minimum atomic E-state index is -0.362. The van der Waals surface area contributed by atoms with Crippen molar-refractivity contribution in [2.45, 2.75) is 19.4 Å². The summed E-state index contributed by atoms with van der Waals surface area (Å²) >= 11 is 0. The van der Waals surface area contributed by atoms with E-state index in [0.717, 1.165) is 26.1 Å². The Kier molecular flexibility index (Phi) is 3.74. The third-order valence-electron chi connectivity index (χ3n) is 3.00. The van der Waals surface area contributed by atoms with Gasteiger partial charge in [0.15, 0.2) is 0 Å². The summed E-state index contributed by atoms with van der Waals surface area (Å²) in [5.41, 5.74) is 0.436. The molecule has 92 valence electrons. The Balaban J connectivity index is 2.15. The lowest BCUT2D eigenvalue weighted by molar-refractivity contribution is 0.0615. The summed E-state index contributed by atoms with van der Waals surface area (Å²) in [4.78, 5) is 14.1. The van der Waals surface area contributed by atoms with Gasteiger partial charge in [0.1, 0.15) is 5.82 Å². The Morgan fingerprint density at radius 1 is 1.53 bits per heavy atom. The molecule has 17 heavy (non-hydrogen) atoms. The Hall–Kier alpha value is -1.42. The molecule has 0 bridgehead atoms. The van der Waals surface area contributed by atoms with E-state index in [9.17, 15) is 9.18 Å². The molecular formula is C13H17FN2O. The topological polar surface area (TPSA) is 32.3 Å². The van der Waals surface area contributed by atoms with Crippen LogP contribution in [0.15, 0.2) is 24.3 Å². The molecule has 1 heterocycles. The van der Waals surface area contributed by atoms with Gasteiger partial charge in [-0.2, -0.15) is 0 Å². The van der Waals surface area contributed by atoms with Crippen LogP contribution in [0.4, 0.5) is 4.39 Å². The van der Waals surface area contributed by atoms with E-state index in [0.29, 0.717) is 5.56 Å². The lowest BCUT2D eigenvalue weighted by atomic mass is 10.1. The van der Waals surface area contributed by atoms with Crippen LogP contribution >= 0.6 is 0 Å². The monoisotopic (exact) mass is 236 g/mol. The fourth-order valence-corrected chi connectivity index (χ4v) is 1.97. The van der Waals surface area contributed by atoms with Crippen molar-refractivity contribution in [3.05, 3.63) is 35.6 Å². The van der Waals surface area contributed by atoms with Crippen molar-refractivity contribution in [3.8, 4) is 0 Å². The zero-order chi connectivity index (χ0) is 12.3. The van der Waals surface area contributed by atoms with Crippen LogP contribution in [0, 0.1) is 5.82 Å². The minimum Gasteiger partial charge on any atom is -0.333 e. The molecule has 1 fully saturated rings. The van der Waals surface area contributed by atoms with Gasteiger partial charge in [0.2, 0.25) is 0 Å². The fourth-order valence-electron chi connectivity index (χ4n) is 1.97. The average Bonchev–Trinajstić information content (AvgIpc) is 2.25. The third kappa shape index (κ3) is 2.64. The van der Waals surface area contributed by atoms with Gasteiger partial charge in [-0.05, 0) is 24.6 Å². The Morgan fingerprint density at radius 3 is 2.82 bits per heavy atom. The molecule has 0 saturated carbocycles. The molecule has 4 heteroatoms. The van der Waals surface area contributed by atoms with Gasteiger partial charge in [0, 0.05) is 25.2 Å². The number of hydrogen-bond acceptors (Lipinski definition) is 2. The SMILES string of the molecule is CCCN(C(=O)c1cccc(F)c1)C1CNC1. The van der Waals surface area contributed by atoms with E-state index in [4.69, 9.17) is 0 Å². The highest BCUT2D eigenvalue weighted by atomic mass is 19.1. The smallest absolute Gasteiger partial charge is 0.254 e. The van der Waals surface area contributed by atoms with Crippen LogP contribution in [0.25, 0.3) is 0 Å². The van der Waals surface area contributed by atoms with Crippen molar-refractivity contribution in [1.82, 2.24) is 10.2 Å². The maximum Gasteiger partial charge on any atom is 0.254 e. The first kappa shape index (κ1) is 12.0. The number of carbonyl (C=O) groups is 1. The maximum atomic E-state index is 13.1. The number of nitrogens with zero attached hydrogens (tertiary/aromatic N) is 1. The third-order valence-corrected chi connectivity index (χ3v) is 3.00. The van der Waals surface area contributed by atoms with Crippen molar-refractivity contribution >= 4 is 5.91 Å². The minimum absolute atomic E-state index is 0.0714. The first-order valence-electron chi connectivity index (χ1n) is 5.99. The molecule has 2 rings (SSSR count). The van der Waals surface area contributed by atoms with Gasteiger partial charge in [-0.15, -0.1) is 0 Å². The molecule has 0 aliphatic carbocycles. The molecule has 3 nitrogen and oxygen atoms in total.